The Morgan fingerprint density at radius 2 is 1.29 bits per heavy atom. The molecular formula is C26H41NaO3S. The van der Waals surface area contributed by atoms with E-state index in [1.807, 2.05) is 31.2 Å². The molecule has 2 rings (SSSR count). The van der Waals surface area contributed by atoms with Gasteiger partial charge in [-0.25, -0.2) is 0 Å². The Labute approximate surface area is 213 Å². The molecule has 2 aromatic carbocycles. The summed E-state index contributed by atoms with van der Waals surface area (Å²) in [5.74, 6) is 0. The number of hydrogen-bond acceptors (Lipinski definition) is 3. The van der Waals surface area contributed by atoms with Gasteiger partial charge in [0.25, 0.3) is 10.1 Å². The molecule has 0 heterocycles. The van der Waals surface area contributed by atoms with Crippen molar-refractivity contribution in [3.05, 3.63) is 49.4 Å². The van der Waals surface area contributed by atoms with Gasteiger partial charge in [-0.15, -0.1) is 0 Å². The van der Waals surface area contributed by atoms with Gasteiger partial charge in [0.05, 0.1) is 6.61 Å². The van der Waals surface area contributed by atoms with E-state index in [1.165, 1.54) is 57.8 Å². The Morgan fingerprint density at radius 1 is 0.742 bits per heavy atom. The monoisotopic (exact) mass is 456 g/mol. The van der Waals surface area contributed by atoms with Crippen molar-refractivity contribution in [3.8, 4) is 0 Å². The van der Waals surface area contributed by atoms with Crippen molar-refractivity contribution in [3.63, 3.8) is 0 Å². The summed E-state index contributed by atoms with van der Waals surface area (Å²) in [7, 11) is -3.66. The fourth-order valence-corrected chi connectivity index (χ4v) is 4.44. The van der Waals surface area contributed by atoms with Crippen LogP contribution in [0.3, 0.4) is 0 Å². The molecule has 0 spiro atoms. The van der Waals surface area contributed by atoms with Gasteiger partial charge in [0.2, 0.25) is 0 Å². The van der Waals surface area contributed by atoms with Crippen LogP contribution in [-0.2, 0) is 14.3 Å². The van der Waals surface area contributed by atoms with Crippen LogP contribution < -0.4 is 29.6 Å². The van der Waals surface area contributed by atoms with Gasteiger partial charge >= 0.3 is 29.6 Å². The van der Waals surface area contributed by atoms with Crippen molar-refractivity contribution in [2.75, 3.05) is 6.61 Å². The molecule has 0 aromatic heterocycles. The van der Waals surface area contributed by atoms with Gasteiger partial charge in [-0.2, -0.15) is 14.8 Å². The van der Waals surface area contributed by atoms with Gasteiger partial charge in [0.1, 0.15) is 4.90 Å². The third-order valence-corrected chi connectivity index (χ3v) is 6.48. The molecule has 170 valence electrons. The molecular weight excluding hydrogens is 415 g/mol. The molecule has 0 fully saturated rings. The molecule has 0 aliphatic carbocycles. The molecule has 0 aliphatic rings. The topological polar surface area (TPSA) is 43.4 Å². The minimum Gasteiger partial charge on any atom is -0.343 e. The number of rotatable bonds is 14. The van der Waals surface area contributed by atoms with E-state index >= 15 is 0 Å². The number of benzene rings is 2. The fourth-order valence-electron chi connectivity index (χ4n) is 3.28. The molecule has 0 radical (unpaired) electrons. The maximum Gasteiger partial charge on any atom is 1.00 e. The van der Waals surface area contributed by atoms with E-state index in [-0.39, 0.29) is 41.1 Å². The van der Waals surface area contributed by atoms with E-state index in [4.69, 9.17) is 4.18 Å². The molecule has 0 saturated carbocycles. The SMILES string of the molecule is CCCCOS(=O)(=O)c1cccc2ccccc12.[CH2-]CCCCCCCCCCC.[Na+]. The van der Waals surface area contributed by atoms with Crippen molar-refractivity contribution in [2.24, 2.45) is 0 Å². The molecule has 0 atom stereocenters. The molecule has 0 saturated heterocycles. The normalized spacial score (nSPS) is 10.9. The minimum atomic E-state index is -3.66. The van der Waals surface area contributed by atoms with Crippen LogP contribution in [0.5, 0.6) is 0 Å². The molecule has 0 amide bonds. The Kier molecular flexibility index (Phi) is 18.9. The van der Waals surface area contributed by atoms with Crippen molar-refractivity contribution in [1.82, 2.24) is 0 Å². The number of fused-ring (bicyclic) bond motifs is 1. The summed E-state index contributed by atoms with van der Waals surface area (Å²) in [6.07, 6.45) is 15.5. The number of unbranched alkanes of at least 4 members (excludes halogenated alkanes) is 10. The third kappa shape index (κ3) is 13.0. The standard InChI is InChI=1S/C14H16O3S.C12H25.Na/c1-2-3-11-17-18(15,16)14-10-6-8-12-7-4-5-9-13(12)14;1-3-5-7-9-11-12-10-8-6-4-2;/h4-10H,2-3,11H2,1H3;1,3-12H2,2H3;/q;-1;+1. The Morgan fingerprint density at radius 3 is 1.90 bits per heavy atom. The zero-order valence-electron chi connectivity index (χ0n) is 20.1. The van der Waals surface area contributed by atoms with Gasteiger partial charge in [-0.1, -0.05) is 114 Å². The fraction of sp³-hybridized carbons (Fsp3) is 0.577. The Hall–Kier alpha value is -0.390. The van der Waals surface area contributed by atoms with Crippen molar-refractivity contribution in [1.29, 1.82) is 0 Å². The van der Waals surface area contributed by atoms with Gasteiger partial charge in [-0.05, 0) is 17.9 Å². The van der Waals surface area contributed by atoms with Gasteiger partial charge in [0, 0.05) is 5.39 Å². The first-order valence-electron chi connectivity index (χ1n) is 11.7. The summed E-state index contributed by atoms with van der Waals surface area (Å²) < 4.78 is 29.2. The largest absolute Gasteiger partial charge is 1.00 e. The average Bonchev–Trinajstić information content (AvgIpc) is 2.76. The quantitative estimate of drug-likeness (QED) is 0.172. The number of hydrogen-bond donors (Lipinski definition) is 0. The summed E-state index contributed by atoms with van der Waals surface area (Å²) in [6, 6.07) is 12.6. The van der Waals surface area contributed by atoms with E-state index in [2.05, 4.69) is 13.8 Å². The summed E-state index contributed by atoms with van der Waals surface area (Å²) in [5.41, 5.74) is 0. The molecule has 0 aliphatic heterocycles. The molecule has 3 nitrogen and oxygen atoms in total. The van der Waals surface area contributed by atoms with Crippen LogP contribution in [0.1, 0.15) is 90.9 Å². The first-order valence-corrected chi connectivity index (χ1v) is 13.1. The minimum absolute atomic E-state index is 0. The zero-order valence-corrected chi connectivity index (χ0v) is 22.9. The maximum atomic E-state index is 12.1. The van der Waals surface area contributed by atoms with Crippen LogP contribution in [0.25, 0.3) is 10.8 Å². The van der Waals surface area contributed by atoms with Crippen LogP contribution in [0, 0.1) is 6.92 Å². The summed E-state index contributed by atoms with van der Waals surface area (Å²) in [5, 5.41) is 1.61. The van der Waals surface area contributed by atoms with Gasteiger partial charge in [0.15, 0.2) is 0 Å². The van der Waals surface area contributed by atoms with Crippen LogP contribution in [0.15, 0.2) is 47.4 Å². The first-order chi connectivity index (χ1) is 14.6. The molecule has 5 heteroatoms. The molecule has 0 unspecified atom stereocenters. The van der Waals surface area contributed by atoms with E-state index in [0.29, 0.717) is 5.39 Å². The zero-order chi connectivity index (χ0) is 22.1. The van der Waals surface area contributed by atoms with Crippen LogP contribution in [0.2, 0.25) is 0 Å². The summed E-state index contributed by atoms with van der Waals surface area (Å²) >= 11 is 0. The molecule has 31 heavy (non-hydrogen) atoms. The van der Waals surface area contributed by atoms with Crippen molar-refractivity contribution >= 4 is 20.9 Å². The summed E-state index contributed by atoms with van der Waals surface area (Å²) in [4.78, 5) is 0.247. The maximum absolute atomic E-state index is 12.1. The summed E-state index contributed by atoms with van der Waals surface area (Å²) in [6.45, 7) is 8.35. The smallest absolute Gasteiger partial charge is 0.343 e. The second kappa shape index (κ2) is 19.1. The van der Waals surface area contributed by atoms with Crippen molar-refractivity contribution < 1.29 is 42.2 Å². The second-order valence-electron chi connectivity index (χ2n) is 7.79. The first kappa shape index (κ1) is 30.6. The van der Waals surface area contributed by atoms with Crippen LogP contribution in [0.4, 0.5) is 0 Å². The van der Waals surface area contributed by atoms with Crippen LogP contribution >= 0.6 is 0 Å². The van der Waals surface area contributed by atoms with Crippen LogP contribution in [-0.4, -0.2) is 15.0 Å². The van der Waals surface area contributed by atoms with Crippen molar-refractivity contribution in [2.45, 2.75) is 95.8 Å². The van der Waals surface area contributed by atoms with E-state index < -0.39 is 10.1 Å². The van der Waals surface area contributed by atoms with E-state index in [0.717, 1.165) is 24.6 Å². The van der Waals surface area contributed by atoms with E-state index in [9.17, 15) is 8.42 Å². The molecule has 2 aromatic rings. The molecule has 0 N–H and O–H groups in total. The van der Waals surface area contributed by atoms with Gasteiger partial charge in [-0.3, -0.25) is 4.18 Å². The second-order valence-corrected chi connectivity index (χ2v) is 9.37. The Balaban J connectivity index is 0.000000612. The van der Waals surface area contributed by atoms with E-state index in [1.54, 1.807) is 18.2 Å². The predicted octanol–water partition coefficient (Wildman–Crippen LogP) is 5.09. The average molecular weight is 457 g/mol. The third-order valence-electron chi connectivity index (χ3n) is 5.11. The van der Waals surface area contributed by atoms with Gasteiger partial charge < -0.3 is 6.92 Å². The molecule has 0 bridgehead atoms. The predicted molar refractivity (Wildman–Crippen MR) is 129 cm³/mol. The Bertz CT molecular complexity index is 775.